The van der Waals surface area contributed by atoms with Crippen molar-refractivity contribution in [3.05, 3.63) is 47.5 Å². The van der Waals surface area contributed by atoms with Gasteiger partial charge < -0.3 is 29.3 Å². The van der Waals surface area contributed by atoms with Crippen molar-refractivity contribution in [2.75, 3.05) is 64.8 Å². The lowest BCUT2D eigenvalue weighted by Gasteiger charge is -2.35. The van der Waals surface area contributed by atoms with Crippen LogP contribution in [0.2, 0.25) is 0 Å². The normalized spacial score (nSPS) is 14.2. The number of nitrogens with one attached hydrogen (secondary N) is 1. The number of esters is 1. The van der Waals surface area contributed by atoms with Crippen molar-refractivity contribution in [1.29, 1.82) is 0 Å². The molecule has 160 valence electrons. The summed E-state index contributed by atoms with van der Waals surface area (Å²) in [7, 11) is 6.46. The van der Waals surface area contributed by atoms with E-state index in [2.05, 4.69) is 22.2 Å². The molecular formula is C22H27N3O5. The van der Waals surface area contributed by atoms with Gasteiger partial charge in [-0.1, -0.05) is 0 Å². The van der Waals surface area contributed by atoms with Crippen LogP contribution >= 0.6 is 0 Å². The van der Waals surface area contributed by atoms with E-state index in [0.717, 1.165) is 31.9 Å². The van der Waals surface area contributed by atoms with Crippen LogP contribution in [0.25, 0.3) is 0 Å². The van der Waals surface area contributed by atoms with Crippen molar-refractivity contribution < 1.29 is 23.8 Å². The van der Waals surface area contributed by atoms with Crippen LogP contribution in [0, 0.1) is 0 Å². The summed E-state index contributed by atoms with van der Waals surface area (Å²) in [5, 5.41) is 2.94. The fourth-order valence-electron chi connectivity index (χ4n) is 3.38. The summed E-state index contributed by atoms with van der Waals surface area (Å²) < 4.78 is 15.4. The quantitative estimate of drug-likeness (QED) is 0.729. The summed E-state index contributed by atoms with van der Waals surface area (Å²) >= 11 is 0. The summed E-state index contributed by atoms with van der Waals surface area (Å²) in [4.78, 5) is 29.5. The third-order valence-corrected chi connectivity index (χ3v) is 5.16. The number of hydrogen-bond acceptors (Lipinski definition) is 7. The first kappa shape index (κ1) is 21.4. The predicted octanol–water partition coefficient (Wildman–Crippen LogP) is 2.49. The Balaban J connectivity index is 1.94. The molecule has 1 saturated heterocycles. The van der Waals surface area contributed by atoms with E-state index in [1.54, 1.807) is 37.4 Å². The Morgan fingerprint density at radius 3 is 2.30 bits per heavy atom. The zero-order valence-corrected chi connectivity index (χ0v) is 17.7. The predicted molar refractivity (Wildman–Crippen MR) is 115 cm³/mol. The van der Waals surface area contributed by atoms with Gasteiger partial charge in [0.2, 0.25) is 0 Å². The molecule has 8 heteroatoms. The number of carbonyl (C=O) groups excluding carboxylic acids is 2. The zero-order chi connectivity index (χ0) is 21.7. The number of anilines is 2. The Kier molecular flexibility index (Phi) is 6.79. The first-order valence-electron chi connectivity index (χ1n) is 9.66. The second-order valence-corrected chi connectivity index (χ2v) is 7.03. The highest BCUT2D eigenvalue weighted by Gasteiger charge is 2.21. The Labute approximate surface area is 176 Å². The van der Waals surface area contributed by atoms with Gasteiger partial charge >= 0.3 is 5.97 Å². The molecule has 0 unspecified atom stereocenters. The molecule has 1 N–H and O–H groups in total. The van der Waals surface area contributed by atoms with Gasteiger partial charge in [0.25, 0.3) is 5.91 Å². The second kappa shape index (κ2) is 9.49. The van der Waals surface area contributed by atoms with Crippen molar-refractivity contribution in [1.82, 2.24) is 4.90 Å². The van der Waals surface area contributed by atoms with Gasteiger partial charge in [0.15, 0.2) is 0 Å². The van der Waals surface area contributed by atoms with Crippen molar-refractivity contribution in [2.45, 2.75) is 0 Å². The SMILES string of the molecule is COC(=O)c1ccc(N2CCN(C)CC2)c(NC(=O)c2ccc(OC)cc2OC)c1. The van der Waals surface area contributed by atoms with Gasteiger partial charge in [0.05, 0.1) is 43.8 Å². The van der Waals surface area contributed by atoms with Gasteiger partial charge in [-0.3, -0.25) is 4.79 Å². The monoisotopic (exact) mass is 413 g/mol. The Morgan fingerprint density at radius 1 is 0.933 bits per heavy atom. The van der Waals surface area contributed by atoms with Gasteiger partial charge in [-0.25, -0.2) is 4.79 Å². The molecule has 3 rings (SSSR count). The van der Waals surface area contributed by atoms with Crippen LogP contribution in [0.15, 0.2) is 36.4 Å². The Morgan fingerprint density at radius 2 is 1.67 bits per heavy atom. The molecular weight excluding hydrogens is 386 g/mol. The molecule has 30 heavy (non-hydrogen) atoms. The molecule has 1 fully saturated rings. The maximum atomic E-state index is 13.1. The summed E-state index contributed by atoms with van der Waals surface area (Å²) in [6.45, 7) is 3.47. The molecule has 1 aliphatic rings. The zero-order valence-electron chi connectivity index (χ0n) is 17.7. The number of rotatable bonds is 6. The Bertz CT molecular complexity index is 923. The van der Waals surface area contributed by atoms with Crippen molar-refractivity contribution >= 4 is 23.3 Å². The largest absolute Gasteiger partial charge is 0.497 e. The highest BCUT2D eigenvalue weighted by atomic mass is 16.5. The number of amides is 1. The average molecular weight is 413 g/mol. The van der Waals surface area contributed by atoms with Gasteiger partial charge in [-0.15, -0.1) is 0 Å². The van der Waals surface area contributed by atoms with E-state index < -0.39 is 5.97 Å². The van der Waals surface area contributed by atoms with Crippen LogP contribution in [0.4, 0.5) is 11.4 Å². The van der Waals surface area contributed by atoms with Gasteiger partial charge in [-0.05, 0) is 37.4 Å². The molecule has 1 amide bonds. The van der Waals surface area contributed by atoms with Crippen LogP contribution in [0.5, 0.6) is 11.5 Å². The highest BCUT2D eigenvalue weighted by molar-refractivity contribution is 6.08. The maximum Gasteiger partial charge on any atom is 0.337 e. The lowest BCUT2D eigenvalue weighted by Crippen LogP contribution is -2.44. The molecule has 0 aliphatic carbocycles. The summed E-state index contributed by atoms with van der Waals surface area (Å²) in [6.07, 6.45) is 0. The summed E-state index contributed by atoms with van der Waals surface area (Å²) in [5.74, 6) is 0.190. The molecule has 0 bridgehead atoms. The van der Waals surface area contributed by atoms with Gasteiger partial charge in [0, 0.05) is 32.2 Å². The van der Waals surface area contributed by atoms with E-state index in [0.29, 0.717) is 28.3 Å². The van der Waals surface area contributed by atoms with Gasteiger partial charge in [0.1, 0.15) is 11.5 Å². The van der Waals surface area contributed by atoms with Crippen LogP contribution in [0.1, 0.15) is 20.7 Å². The van der Waals surface area contributed by atoms with Crippen LogP contribution in [-0.4, -0.2) is 71.3 Å². The number of piperazine rings is 1. The van der Waals surface area contributed by atoms with Crippen LogP contribution < -0.4 is 19.7 Å². The minimum atomic E-state index is -0.461. The van der Waals surface area contributed by atoms with Gasteiger partial charge in [-0.2, -0.15) is 0 Å². The number of ether oxygens (including phenoxy) is 3. The van der Waals surface area contributed by atoms with E-state index in [9.17, 15) is 9.59 Å². The minimum Gasteiger partial charge on any atom is -0.497 e. The van der Waals surface area contributed by atoms with E-state index >= 15 is 0 Å². The lowest BCUT2D eigenvalue weighted by molar-refractivity contribution is 0.0600. The van der Waals surface area contributed by atoms with E-state index in [1.165, 1.54) is 14.2 Å². The lowest BCUT2D eigenvalue weighted by atomic mass is 10.1. The third-order valence-electron chi connectivity index (χ3n) is 5.16. The fourth-order valence-corrected chi connectivity index (χ4v) is 3.38. The van der Waals surface area contributed by atoms with E-state index in [1.807, 2.05) is 6.07 Å². The number of methoxy groups -OCH3 is 3. The molecule has 0 spiro atoms. The molecule has 2 aromatic rings. The standard InChI is InChI=1S/C22H27N3O5/c1-24-9-11-25(12-10-24)19-8-5-15(22(27)30-4)13-18(19)23-21(26)17-7-6-16(28-2)14-20(17)29-3/h5-8,13-14H,9-12H2,1-4H3,(H,23,26). The molecule has 0 atom stereocenters. The molecule has 0 radical (unpaired) electrons. The molecule has 1 heterocycles. The highest BCUT2D eigenvalue weighted by Crippen LogP contribution is 2.31. The van der Waals surface area contributed by atoms with Crippen LogP contribution in [0.3, 0.4) is 0 Å². The third kappa shape index (κ3) is 4.65. The second-order valence-electron chi connectivity index (χ2n) is 7.03. The van der Waals surface area contributed by atoms with Crippen molar-refractivity contribution in [3.63, 3.8) is 0 Å². The first-order valence-corrected chi connectivity index (χ1v) is 9.66. The minimum absolute atomic E-state index is 0.341. The number of carbonyl (C=O) groups is 2. The topological polar surface area (TPSA) is 80.3 Å². The number of hydrogen-bond donors (Lipinski definition) is 1. The fraction of sp³-hybridized carbons (Fsp3) is 0.364. The number of likely N-dealkylation sites (N-methyl/N-ethyl adjacent to an activating group) is 1. The van der Waals surface area contributed by atoms with E-state index in [-0.39, 0.29) is 5.91 Å². The molecule has 1 aliphatic heterocycles. The number of benzene rings is 2. The average Bonchev–Trinajstić information content (AvgIpc) is 2.78. The smallest absolute Gasteiger partial charge is 0.337 e. The molecule has 2 aromatic carbocycles. The molecule has 0 saturated carbocycles. The molecule has 0 aromatic heterocycles. The van der Waals surface area contributed by atoms with Crippen molar-refractivity contribution in [3.8, 4) is 11.5 Å². The molecule has 8 nitrogen and oxygen atoms in total. The summed E-state index contributed by atoms with van der Waals surface area (Å²) in [5.41, 5.74) is 2.14. The van der Waals surface area contributed by atoms with Crippen LogP contribution in [-0.2, 0) is 4.74 Å². The first-order chi connectivity index (χ1) is 14.5. The van der Waals surface area contributed by atoms with E-state index in [4.69, 9.17) is 14.2 Å². The summed E-state index contributed by atoms with van der Waals surface area (Å²) in [6, 6.07) is 10.2. The maximum absolute atomic E-state index is 13.1. The number of nitrogens with zero attached hydrogens (tertiary/aromatic N) is 2. The van der Waals surface area contributed by atoms with Crippen molar-refractivity contribution in [2.24, 2.45) is 0 Å². The Hall–Kier alpha value is -3.26.